The van der Waals surface area contributed by atoms with Crippen LogP contribution in [0.15, 0.2) is 4.99 Å². The van der Waals surface area contributed by atoms with E-state index in [0.717, 1.165) is 19.3 Å². The average Bonchev–Trinajstić information content (AvgIpc) is 2.20. The van der Waals surface area contributed by atoms with Gasteiger partial charge in [0.15, 0.2) is 0 Å². The molecule has 0 saturated carbocycles. The predicted molar refractivity (Wildman–Crippen MR) is 74.3 cm³/mol. The molecule has 6 nitrogen and oxygen atoms in total. The van der Waals surface area contributed by atoms with Crippen molar-refractivity contribution >= 4 is 51.1 Å². The molecule has 0 heterocycles. The van der Waals surface area contributed by atoms with Crippen LogP contribution in [0.1, 0.15) is 26.2 Å². The van der Waals surface area contributed by atoms with Crippen molar-refractivity contribution in [1.82, 2.24) is 4.72 Å². The Morgan fingerprint density at radius 3 is 2.50 bits per heavy atom. The highest BCUT2D eigenvalue weighted by Gasteiger charge is 2.24. The van der Waals surface area contributed by atoms with Crippen LogP contribution in [-0.4, -0.2) is 31.3 Å². The van der Waals surface area contributed by atoms with E-state index < -0.39 is 20.7 Å². The summed E-state index contributed by atoms with van der Waals surface area (Å²) in [6, 6.07) is 0. The quantitative estimate of drug-likeness (QED) is 0.319. The minimum atomic E-state index is -4.12. The second kappa shape index (κ2) is 8.27. The first kappa shape index (κ1) is 18.0. The Kier molecular flexibility index (Phi) is 8.29. The van der Waals surface area contributed by atoms with E-state index in [1.807, 2.05) is 11.6 Å². The third-order valence-electron chi connectivity index (χ3n) is 1.65. The fourth-order valence-corrected chi connectivity index (χ4v) is 1.96. The maximum absolute atomic E-state index is 11.3. The molecular weight excluding hydrogens is 325 g/mol. The third kappa shape index (κ3) is 11.2. The van der Waals surface area contributed by atoms with Crippen LogP contribution in [0.2, 0.25) is 0 Å². The number of unbranched alkanes of at least 4 members (excludes halogenated alkanes) is 2. The first-order valence-electron chi connectivity index (χ1n) is 5.20. The molecule has 0 fully saturated rings. The second-order valence-electron chi connectivity index (χ2n) is 3.41. The van der Waals surface area contributed by atoms with Crippen molar-refractivity contribution in [2.24, 2.45) is 10.7 Å². The Labute approximate surface area is 122 Å². The Hall–Kier alpha value is 0.0500. The van der Waals surface area contributed by atoms with Crippen molar-refractivity contribution in [3.8, 4) is 0 Å². The Morgan fingerprint density at radius 1 is 1.39 bits per heavy atom. The van der Waals surface area contributed by atoms with Crippen molar-refractivity contribution in [1.29, 1.82) is 0 Å². The molecule has 3 N–H and O–H groups in total. The summed E-state index contributed by atoms with van der Waals surface area (Å²) in [7, 11) is -4.12. The number of guanidine groups is 1. The molecular formula is C8H16Cl3N3O3S. The minimum absolute atomic E-state index is 0.254. The molecule has 0 bridgehead atoms. The summed E-state index contributed by atoms with van der Waals surface area (Å²) in [6.45, 7) is 1.86. The largest absolute Gasteiger partial charge is 0.369 e. The Morgan fingerprint density at radius 2 is 2.00 bits per heavy atom. The summed E-state index contributed by atoms with van der Waals surface area (Å²) >= 11 is 16.0. The van der Waals surface area contributed by atoms with Crippen LogP contribution in [0, 0.1) is 0 Å². The van der Waals surface area contributed by atoms with Crippen LogP contribution in [0.3, 0.4) is 0 Å². The Bertz CT molecular complexity index is 368. The smallest absolute Gasteiger partial charge is 0.362 e. The second-order valence-corrected chi connectivity index (χ2v) is 7.27. The van der Waals surface area contributed by atoms with Gasteiger partial charge in [0.25, 0.3) is 0 Å². The fraction of sp³-hybridized carbons (Fsp3) is 0.875. The van der Waals surface area contributed by atoms with Gasteiger partial charge in [-0.1, -0.05) is 54.6 Å². The minimum Gasteiger partial charge on any atom is -0.369 e. The zero-order valence-electron chi connectivity index (χ0n) is 9.83. The van der Waals surface area contributed by atoms with E-state index >= 15 is 0 Å². The molecule has 10 heteroatoms. The van der Waals surface area contributed by atoms with Crippen LogP contribution in [0.25, 0.3) is 0 Å². The van der Waals surface area contributed by atoms with E-state index in [1.165, 1.54) is 0 Å². The van der Waals surface area contributed by atoms with Crippen molar-refractivity contribution in [3.05, 3.63) is 0 Å². The maximum atomic E-state index is 11.3. The zero-order valence-corrected chi connectivity index (χ0v) is 12.9. The standard InChI is InChI=1S/C8H16Cl3N3O3S/c1-2-3-4-5-13-7(12)14-18(15,16)17-6-8(9,10)11/h2-6H2,1H3,(H3,12,13,14). The molecule has 0 unspecified atom stereocenters. The van der Waals surface area contributed by atoms with Gasteiger partial charge in [-0.25, -0.2) is 8.91 Å². The van der Waals surface area contributed by atoms with Gasteiger partial charge in [0.1, 0.15) is 6.61 Å². The summed E-state index contributed by atoms with van der Waals surface area (Å²) in [5.41, 5.74) is 5.36. The highest BCUT2D eigenvalue weighted by molar-refractivity contribution is 7.85. The van der Waals surface area contributed by atoms with Crippen molar-refractivity contribution in [2.45, 2.75) is 30.0 Å². The van der Waals surface area contributed by atoms with Gasteiger partial charge in [-0.15, -0.1) is 0 Å². The van der Waals surface area contributed by atoms with E-state index in [1.54, 1.807) is 0 Å². The molecule has 108 valence electrons. The Balaban J connectivity index is 4.15. The first-order chi connectivity index (χ1) is 8.16. The lowest BCUT2D eigenvalue weighted by molar-refractivity contribution is 0.322. The molecule has 0 aliphatic rings. The molecule has 0 radical (unpaired) electrons. The number of nitrogens with two attached hydrogens (primary N) is 1. The molecule has 0 aliphatic carbocycles. The van der Waals surface area contributed by atoms with E-state index in [4.69, 9.17) is 40.5 Å². The number of aliphatic imine (C=N–C) groups is 1. The molecule has 18 heavy (non-hydrogen) atoms. The molecule has 0 spiro atoms. The number of halogens is 3. The van der Waals surface area contributed by atoms with Gasteiger partial charge < -0.3 is 5.73 Å². The molecule has 0 aliphatic heterocycles. The SMILES string of the molecule is CCCCCN=C(N)NS(=O)(=O)OCC(Cl)(Cl)Cl. The highest BCUT2D eigenvalue weighted by atomic mass is 35.6. The fourth-order valence-electron chi connectivity index (χ4n) is 0.896. The molecule has 0 aromatic rings. The van der Waals surface area contributed by atoms with E-state index in [-0.39, 0.29) is 5.96 Å². The van der Waals surface area contributed by atoms with Gasteiger partial charge in [-0.05, 0) is 6.42 Å². The topological polar surface area (TPSA) is 93.8 Å². The molecule has 0 aromatic carbocycles. The highest BCUT2D eigenvalue weighted by Crippen LogP contribution is 2.26. The predicted octanol–water partition coefficient (Wildman–Crippen LogP) is 1.71. The van der Waals surface area contributed by atoms with Gasteiger partial charge in [0.2, 0.25) is 9.75 Å². The summed E-state index contributed by atoms with van der Waals surface area (Å²) in [4.78, 5) is 3.82. The first-order valence-corrected chi connectivity index (χ1v) is 7.74. The number of nitrogens with one attached hydrogen (secondary N) is 1. The van der Waals surface area contributed by atoms with E-state index in [0.29, 0.717) is 6.54 Å². The number of hydrogen-bond acceptors (Lipinski definition) is 4. The number of hydrogen-bond donors (Lipinski definition) is 2. The van der Waals surface area contributed by atoms with E-state index in [9.17, 15) is 8.42 Å². The maximum Gasteiger partial charge on any atom is 0.362 e. The van der Waals surface area contributed by atoms with Gasteiger partial charge in [-0.3, -0.25) is 4.99 Å². The molecule has 0 saturated heterocycles. The third-order valence-corrected chi connectivity index (χ3v) is 2.87. The summed E-state index contributed by atoms with van der Waals surface area (Å²) in [5.74, 6) is -0.254. The molecule has 0 rings (SSSR count). The van der Waals surface area contributed by atoms with Crippen LogP contribution >= 0.6 is 34.8 Å². The average molecular weight is 341 g/mol. The monoisotopic (exact) mass is 339 g/mol. The number of nitrogens with zero attached hydrogens (tertiary/aromatic N) is 1. The van der Waals surface area contributed by atoms with E-state index in [2.05, 4.69) is 9.18 Å². The molecule has 0 atom stereocenters. The zero-order chi connectivity index (χ0) is 14.2. The molecule has 0 amide bonds. The lowest BCUT2D eigenvalue weighted by atomic mass is 10.2. The van der Waals surface area contributed by atoms with Crippen molar-refractivity contribution in [2.75, 3.05) is 13.2 Å². The van der Waals surface area contributed by atoms with Gasteiger partial charge in [0.05, 0.1) is 0 Å². The number of rotatable bonds is 7. The van der Waals surface area contributed by atoms with Crippen molar-refractivity contribution in [3.63, 3.8) is 0 Å². The van der Waals surface area contributed by atoms with Crippen LogP contribution in [-0.2, 0) is 14.5 Å². The van der Waals surface area contributed by atoms with Gasteiger partial charge in [0, 0.05) is 6.54 Å². The lowest BCUT2D eigenvalue weighted by Gasteiger charge is -2.12. The summed E-state index contributed by atoms with van der Waals surface area (Å²) < 4.78 is 27.1. The summed E-state index contributed by atoms with van der Waals surface area (Å²) in [6.07, 6.45) is 2.86. The van der Waals surface area contributed by atoms with Crippen LogP contribution in [0.4, 0.5) is 0 Å². The number of alkyl halides is 3. The molecule has 0 aromatic heterocycles. The van der Waals surface area contributed by atoms with Gasteiger partial charge >= 0.3 is 10.3 Å². The van der Waals surface area contributed by atoms with Crippen LogP contribution in [0.5, 0.6) is 0 Å². The van der Waals surface area contributed by atoms with Crippen LogP contribution < -0.4 is 10.5 Å². The summed E-state index contributed by atoms with van der Waals surface area (Å²) in [5, 5.41) is 0. The van der Waals surface area contributed by atoms with Crippen molar-refractivity contribution < 1.29 is 12.6 Å². The normalized spacial score (nSPS) is 13.7. The lowest BCUT2D eigenvalue weighted by Crippen LogP contribution is -2.39. The van der Waals surface area contributed by atoms with Gasteiger partial charge in [-0.2, -0.15) is 8.42 Å².